The third-order valence-corrected chi connectivity index (χ3v) is 6.04. The van der Waals surface area contributed by atoms with Crippen LogP contribution in [0.3, 0.4) is 0 Å². The standard InChI is InChI=1S/C27H38N4O3.ClH/c1-5-19(4)24(27(34)29-17-21-14-10-7-11-15-21)31-25(32)22(16-20-12-8-6-9-13-20)30-26(33)23(28)18(2)3;/h6-15,18-19,22-24H,5,16-17,28H2,1-4H3,(H,29,34)(H,30,33)(H,31,32);1H/t19?,22-,23-,24-;/m0./s1. The van der Waals surface area contributed by atoms with Crippen LogP contribution in [0, 0.1) is 11.8 Å². The molecule has 0 saturated heterocycles. The number of nitrogens with two attached hydrogens (primary N) is 1. The van der Waals surface area contributed by atoms with Crippen molar-refractivity contribution in [1.82, 2.24) is 16.0 Å². The predicted molar refractivity (Wildman–Crippen MR) is 142 cm³/mol. The summed E-state index contributed by atoms with van der Waals surface area (Å²) in [6.07, 6.45) is 1.000. The van der Waals surface area contributed by atoms with E-state index in [0.29, 0.717) is 19.4 Å². The Balaban J connectivity index is 0.00000612. The van der Waals surface area contributed by atoms with Crippen LogP contribution in [0.2, 0.25) is 0 Å². The van der Waals surface area contributed by atoms with Crippen molar-refractivity contribution in [3.05, 3.63) is 71.8 Å². The van der Waals surface area contributed by atoms with E-state index in [9.17, 15) is 14.4 Å². The van der Waals surface area contributed by atoms with Gasteiger partial charge in [0.05, 0.1) is 6.04 Å². The van der Waals surface area contributed by atoms with Crippen LogP contribution in [0.25, 0.3) is 0 Å². The quantitative estimate of drug-likeness (QED) is 0.357. The number of carbonyl (C=O) groups excluding carboxylic acids is 3. The summed E-state index contributed by atoms with van der Waals surface area (Å²) in [6, 6.07) is 16.7. The highest BCUT2D eigenvalue weighted by Gasteiger charge is 2.31. The Bertz CT molecular complexity index is 925. The Hall–Kier alpha value is -2.90. The second kappa shape index (κ2) is 15.2. The van der Waals surface area contributed by atoms with Crippen LogP contribution < -0.4 is 21.7 Å². The van der Waals surface area contributed by atoms with Crippen LogP contribution in [0.1, 0.15) is 45.2 Å². The average Bonchev–Trinajstić information content (AvgIpc) is 2.85. The topological polar surface area (TPSA) is 113 Å². The third-order valence-electron chi connectivity index (χ3n) is 6.04. The van der Waals surface area contributed by atoms with Gasteiger partial charge in [0.15, 0.2) is 0 Å². The molecule has 0 aliphatic carbocycles. The number of rotatable bonds is 12. The van der Waals surface area contributed by atoms with Crippen LogP contribution >= 0.6 is 12.4 Å². The van der Waals surface area contributed by atoms with Crippen molar-refractivity contribution >= 4 is 30.1 Å². The van der Waals surface area contributed by atoms with Gasteiger partial charge in [0, 0.05) is 13.0 Å². The first-order valence-corrected chi connectivity index (χ1v) is 11.9. The highest BCUT2D eigenvalue weighted by atomic mass is 35.5. The lowest BCUT2D eigenvalue weighted by Gasteiger charge is -2.27. The van der Waals surface area contributed by atoms with E-state index in [1.54, 1.807) is 0 Å². The number of hydrogen-bond donors (Lipinski definition) is 4. The summed E-state index contributed by atoms with van der Waals surface area (Å²) in [5, 5.41) is 8.61. The Morgan fingerprint density at radius 1 is 0.800 bits per heavy atom. The molecule has 0 heterocycles. The summed E-state index contributed by atoms with van der Waals surface area (Å²) in [4.78, 5) is 39.0. The first-order chi connectivity index (χ1) is 16.2. The highest BCUT2D eigenvalue weighted by molar-refractivity contribution is 5.93. The number of hydrogen-bond acceptors (Lipinski definition) is 4. The minimum absolute atomic E-state index is 0. The second-order valence-electron chi connectivity index (χ2n) is 9.10. The molecule has 0 saturated carbocycles. The number of amides is 3. The summed E-state index contributed by atoms with van der Waals surface area (Å²) in [5.74, 6) is -1.22. The number of halogens is 1. The van der Waals surface area contributed by atoms with Crippen molar-refractivity contribution < 1.29 is 14.4 Å². The van der Waals surface area contributed by atoms with E-state index in [-0.39, 0.29) is 36.1 Å². The van der Waals surface area contributed by atoms with Crippen LogP contribution in [0.4, 0.5) is 0 Å². The van der Waals surface area contributed by atoms with Gasteiger partial charge in [-0.2, -0.15) is 0 Å². The summed E-state index contributed by atoms with van der Waals surface area (Å²) in [6.45, 7) is 7.97. The minimum Gasteiger partial charge on any atom is -0.350 e. The molecule has 0 aromatic heterocycles. The lowest BCUT2D eigenvalue weighted by atomic mass is 9.96. The van der Waals surface area contributed by atoms with Crippen molar-refractivity contribution in [2.45, 2.75) is 65.2 Å². The number of carbonyl (C=O) groups is 3. The molecule has 0 fully saturated rings. The van der Waals surface area contributed by atoms with Crippen molar-refractivity contribution in [3.63, 3.8) is 0 Å². The van der Waals surface area contributed by atoms with Gasteiger partial charge in [0.1, 0.15) is 12.1 Å². The molecule has 8 heteroatoms. The first-order valence-electron chi connectivity index (χ1n) is 11.9. The molecule has 7 nitrogen and oxygen atoms in total. The average molecular weight is 503 g/mol. The lowest BCUT2D eigenvalue weighted by molar-refractivity contribution is -0.133. The van der Waals surface area contributed by atoms with Gasteiger partial charge in [-0.05, 0) is 23.0 Å². The van der Waals surface area contributed by atoms with E-state index in [1.807, 2.05) is 88.4 Å². The number of benzene rings is 2. The molecule has 0 aliphatic rings. The smallest absolute Gasteiger partial charge is 0.243 e. The molecule has 1 unspecified atom stereocenters. The van der Waals surface area contributed by atoms with Gasteiger partial charge in [0.25, 0.3) is 0 Å². The van der Waals surface area contributed by atoms with E-state index in [1.165, 1.54) is 0 Å². The zero-order valence-electron chi connectivity index (χ0n) is 21.0. The maximum absolute atomic E-state index is 13.3. The fraction of sp³-hybridized carbons (Fsp3) is 0.444. The van der Waals surface area contributed by atoms with Crippen molar-refractivity contribution in [3.8, 4) is 0 Å². The predicted octanol–water partition coefficient (Wildman–Crippen LogP) is 2.97. The van der Waals surface area contributed by atoms with Gasteiger partial charge in [-0.15, -0.1) is 12.4 Å². The van der Waals surface area contributed by atoms with Gasteiger partial charge in [-0.1, -0.05) is 94.8 Å². The molecule has 2 aromatic carbocycles. The minimum atomic E-state index is -0.854. The van der Waals surface area contributed by atoms with Crippen molar-refractivity contribution in [2.75, 3.05) is 0 Å². The van der Waals surface area contributed by atoms with Gasteiger partial charge in [0.2, 0.25) is 17.7 Å². The maximum atomic E-state index is 13.3. The Kier molecular flexibility index (Phi) is 13.1. The summed E-state index contributed by atoms with van der Waals surface area (Å²) >= 11 is 0. The molecule has 3 amide bonds. The second-order valence-corrected chi connectivity index (χ2v) is 9.10. The summed E-state index contributed by atoms with van der Waals surface area (Å²) in [5.41, 5.74) is 7.88. The van der Waals surface area contributed by atoms with Crippen molar-refractivity contribution in [1.29, 1.82) is 0 Å². The van der Waals surface area contributed by atoms with Crippen LogP contribution in [0.5, 0.6) is 0 Å². The van der Waals surface area contributed by atoms with Crippen LogP contribution in [-0.2, 0) is 27.3 Å². The maximum Gasteiger partial charge on any atom is 0.243 e. The van der Waals surface area contributed by atoms with Gasteiger partial charge in [-0.3, -0.25) is 14.4 Å². The molecule has 5 N–H and O–H groups in total. The van der Waals surface area contributed by atoms with Crippen LogP contribution in [-0.4, -0.2) is 35.8 Å². The zero-order valence-corrected chi connectivity index (χ0v) is 21.8. The molecule has 2 rings (SSSR count). The first kappa shape index (κ1) is 30.1. The Morgan fingerprint density at radius 2 is 1.34 bits per heavy atom. The molecule has 192 valence electrons. The zero-order chi connectivity index (χ0) is 25.1. The molecule has 35 heavy (non-hydrogen) atoms. The molecule has 0 aliphatic heterocycles. The molecule has 0 bridgehead atoms. The largest absolute Gasteiger partial charge is 0.350 e. The lowest BCUT2D eigenvalue weighted by Crippen LogP contribution is -2.58. The molecular formula is C27H39ClN4O3. The fourth-order valence-corrected chi connectivity index (χ4v) is 3.48. The third kappa shape index (κ3) is 9.70. The normalized spacial score (nSPS) is 14.1. The monoisotopic (exact) mass is 502 g/mol. The van der Waals surface area contributed by atoms with E-state index in [0.717, 1.165) is 11.1 Å². The highest BCUT2D eigenvalue weighted by Crippen LogP contribution is 2.11. The molecule has 2 aromatic rings. The van der Waals surface area contributed by atoms with Gasteiger partial charge >= 0.3 is 0 Å². The van der Waals surface area contributed by atoms with Gasteiger partial charge < -0.3 is 21.7 Å². The Morgan fingerprint density at radius 3 is 1.86 bits per heavy atom. The fourth-order valence-electron chi connectivity index (χ4n) is 3.48. The van der Waals surface area contributed by atoms with Crippen molar-refractivity contribution in [2.24, 2.45) is 17.6 Å². The number of nitrogens with one attached hydrogen (secondary N) is 3. The van der Waals surface area contributed by atoms with Crippen LogP contribution in [0.15, 0.2) is 60.7 Å². The van der Waals surface area contributed by atoms with E-state index >= 15 is 0 Å². The molecule has 0 spiro atoms. The van der Waals surface area contributed by atoms with E-state index in [2.05, 4.69) is 16.0 Å². The van der Waals surface area contributed by atoms with Gasteiger partial charge in [-0.25, -0.2) is 0 Å². The SMILES string of the molecule is CCC(C)[C@H](NC(=O)[C@H](Cc1ccccc1)NC(=O)[C@@H](N)C(C)C)C(=O)NCc1ccccc1.Cl. The molecule has 4 atom stereocenters. The molecular weight excluding hydrogens is 464 g/mol. The summed E-state index contributed by atoms with van der Waals surface area (Å²) < 4.78 is 0. The van der Waals surface area contributed by atoms with E-state index < -0.39 is 24.0 Å². The molecule has 0 radical (unpaired) electrons. The Labute approximate surface area is 215 Å². The summed E-state index contributed by atoms with van der Waals surface area (Å²) in [7, 11) is 0. The van der Waals surface area contributed by atoms with E-state index in [4.69, 9.17) is 5.73 Å².